The number of fused-ring (bicyclic) bond motifs is 2. The molecule has 0 bridgehead atoms. The van der Waals surface area contributed by atoms with Crippen molar-refractivity contribution < 1.29 is 0 Å². The maximum absolute atomic E-state index is 4.70. The lowest BCUT2D eigenvalue weighted by atomic mass is 10.0. The molecule has 6 aromatic rings. The first-order valence-electron chi connectivity index (χ1n) is 13.8. The summed E-state index contributed by atoms with van der Waals surface area (Å²) >= 11 is 1.48. The fourth-order valence-electron chi connectivity index (χ4n) is 4.63. The van der Waals surface area contributed by atoms with Gasteiger partial charge in [0.15, 0.2) is 0 Å². The van der Waals surface area contributed by atoms with Crippen LogP contribution in [0.4, 0.5) is 27.9 Å². The summed E-state index contributed by atoms with van der Waals surface area (Å²) in [5, 5.41) is 28.6. The van der Waals surface area contributed by atoms with Crippen molar-refractivity contribution in [1.82, 2.24) is 4.98 Å². The van der Waals surface area contributed by atoms with E-state index in [4.69, 9.17) is 4.98 Å². The molecule has 1 atom stereocenters. The van der Waals surface area contributed by atoms with Gasteiger partial charge < -0.3 is 5.32 Å². The molecule has 5 aromatic carbocycles. The monoisotopic (exact) mass is 554 g/mol. The van der Waals surface area contributed by atoms with Crippen LogP contribution in [0.25, 0.3) is 32.8 Å². The van der Waals surface area contributed by atoms with Crippen molar-refractivity contribution in [2.75, 3.05) is 11.9 Å². The molecule has 0 aliphatic rings. The predicted molar refractivity (Wildman–Crippen MR) is 172 cm³/mol. The van der Waals surface area contributed by atoms with Crippen LogP contribution in [0, 0.1) is 5.92 Å². The molecule has 0 aliphatic heterocycles. The van der Waals surface area contributed by atoms with Crippen molar-refractivity contribution in [3.63, 3.8) is 0 Å². The molecule has 41 heavy (non-hydrogen) atoms. The molecule has 0 saturated carbocycles. The summed E-state index contributed by atoms with van der Waals surface area (Å²) in [5.41, 5.74) is 5.44. The van der Waals surface area contributed by atoms with Crippen LogP contribution < -0.4 is 5.32 Å². The number of nitrogens with zero attached hydrogens (tertiary/aromatic N) is 5. The molecule has 0 aliphatic carbocycles. The summed E-state index contributed by atoms with van der Waals surface area (Å²) < 4.78 is 0. The standard InChI is InChI=1S/C34H30N6S/c1-3-23(2)21-35-31-19-20-32(30-13-7-6-12-29(30)31)39-37-25-15-17-26(18-16-25)38-40-34-36-33(22-41-34)28-14-8-10-24-9-4-5-11-27(24)28/h4-20,22-23,35H,3,21H2,1-2H3. The van der Waals surface area contributed by atoms with Gasteiger partial charge in [-0.05, 0) is 53.1 Å². The van der Waals surface area contributed by atoms with Crippen molar-refractivity contribution in [3.8, 4) is 11.3 Å². The number of hydrogen-bond acceptors (Lipinski definition) is 7. The molecular weight excluding hydrogens is 524 g/mol. The molecule has 0 spiro atoms. The molecule has 0 fully saturated rings. The van der Waals surface area contributed by atoms with Gasteiger partial charge in [-0.3, -0.25) is 0 Å². The molecule has 6 rings (SSSR count). The van der Waals surface area contributed by atoms with Gasteiger partial charge in [-0.1, -0.05) is 87.0 Å². The number of hydrogen-bond donors (Lipinski definition) is 1. The fraction of sp³-hybridized carbons (Fsp3) is 0.147. The molecule has 6 nitrogen and oxygen atoms in total. The van der Waals surface area contributed by atoms with Gasteiger partial charge in [0, 0.05) is 33.9 Å². The summed E-state index contributed by atoms with van der Waals surface area (Å²) in [6.45, 7) is 5.42. The Balaban J connectivity index is 1.15. The lowest BCUT2D eigenvalue weighted by Crippen LogP contribution is -2.10. The van der Waals surface area contributed by atoms with Gasteiger partial charge in [0.2, 0.25) is 5.13 Å². The lowest BCUT2D eigenvalue weighted by Gasteiger charge is -2.14. The Morgan fingerprint density at radius 1 is 0.707 bits per heavy atom. The number of anilines is 1. The Morgan fingerprint density at radius 3 is 2.17 bits per heavy atom. The number of aromatic nitrogens is 1. The minimum Gasteiger partial charge on any atom is -0.384 e. The molecule has 202 valence electrons. The molecule has 1 heterocycles. The van der Waals surface area contributed by atoms with Crippen LogP contribution in [-0.4, -0.2) is 11.5 Å². The van der Waals surface area contributed by atoms with Crippen LogP contribution in [-0.2, 0) is 0 Å². The van der Waals surface area contributed by atoms with Crippen molar-refractivity contribution in [2.24, 2.45) is 26.4 Å². The summed E-state index contributed by atoms with van der Waals surface area (Å²) in [6.07, 6.45) is 1.15. The Bertz CT molecular complexity index is 1850. The van der Waals surface area contributed by atoms with Gasteiger partial charge >= 0.3 is 0 Å². The van der Waals surface area contributed by atoms with E-state index in [0.717, 1.165) is 57.7 Å². The van der Waals surface area contributed by atoms with Crippen LogP contribution >= 0.6 is 11.3 Å². The molecule has 1 aromatic heterocycles. The van der Waals surface area contributed by atoms with Crippen LogP contribution in [0.5, 0.6) is 0 Å². The van der Waals surface area contributed by atoms with E-state index >= 15 is 0 Å². The predicted octanol–water partition coefficient (Wildman–Crippen LogP) is 11.4. The topological polar surface area (TPSA) is 74.4 Å². The summed E-state index contributed by atoms with van der Waals surface area (Å²) in [4.78, 5) is 4.70. The average Bonchev–Trinajstić information content (AvgIpc) is 3.51. The van der Waals surface area contributed by atoms with Gasteiger partial charge in [-0.2, -0.15) is 5.11 Å². The molecular formula is C34H30N6S. The van der Waals surface area contributed by atoms with Crippen LogP contribution in [0.1, 0.15) is 20.3 Å². The number of azo groups is 2. The van der Waals surface area contributed by atoms with Gasteiger partial charge in [0.05, 0.1) is 22.8 Å². The summed E-state index contributed by atoms with van der Waals surface area (Å²) in [5.74, 6) is 0.615. The quantitative estimate of drug-likeness (QED) is 0.180. The van der Waals surface area contributed by atoms with E-state index in [2.05, 4.69) is 94.2 Å². The van der Waals surface area contributed by atoms with E-state index in [1.807, 2.05) is 53.9 Å². The zero-order valence-electron chi connectivity index (χ0n) is 23.0. The maximum atomic E-state index is 4.70. The molecule has 7 heteroatoms. The van der Waals surface area contributed by atoms with Crippen molar-refractivity contribution >= 4 is 60.8 Å². The Morgan fingerprint density at radius 2 is 1.39 bits per heavy atom. The fourth-order valence-corrected chi connectivity index (χ4v) is 5.27. The van der Waals surface area contributed by atoms with E-state index in [-0.39, 0.29) is 0 Å². The first-order chi connectivity index (χ1) is 20.2. The van der Waals surface area contributed by atoms with E-state index in [1.165, 1.54) is 22.1 Å². The van der Waals surface area contributed by atoms with E-state index < -0.39 is 0 Å². The third kappa shape index (κ3) is 6.05. The first kappa shape index (κ1) is 26.5. The van der Waals surface area contributed by atoms with Gasteiger partial charge in [0.1, 0.15) is 0 Å². The number of benzene rings is 5. The second-order valence-electron chi connectivity index (χ2n) is 10.0. The minimum absolute atomic E-state index is 0.615. The van der Waals surface area contributed by atoms with Crippen LogP contribution in [0.15, 0.2) is 129 Å². The largest absolute Gasteiger partial charge is 0.384 e. The second-order valence-corrected chi connectivity index (χ2v) is 10.9. The number of thiazole rings is 1. The van der Waals surface area contributed by atoms with Crippen molar-refractivity contribution in [3.05, 3.63) is 109 Å². The van der Waals surface area contributed by atoms with Gasteiger partial charge in [-0.15, -0.1) is 26.7 Å². The zero-order chi connectivity index (χ0) is 28.0. The molecule has 1 N–H and O–H groups in total. The van der Waals surface area contributed by atoms with Crippen LogP contribution in [0.2, 0.25) is 0 Å². The van der Waals surface area contributed by atoms with Crippen molar-refractivity contribution in [1.29, 1.82) is 0 Å². The zero-order valence-corrected chi connectivity index (χ0v) is 23.8. The van der Waals surface area contributed by atoms with Crippen LogP contribution in [0.3, 0.4) is 0 Å². The molecule has 0 amide bonds. The smallest absolute Gasteiger partial charge is 0.230 e. The Labute approximate surface area is 243 Å². The maximum Gasteiger partial charge on any atom is 0.230 e. The Hall–Kier alpha value is -4.75. The molecule has 0 radical (unpaired) electrons. The highest BCUT2D eigenvalue weighted by Crippen LogP contribution is 2.34. The number of nitrogens with one attached hydrogen (secondary N) is 1. The third-order valence-electron chi connectivity index (χ3n) is 7.17. The normalized spacial score (nSPS) is 12.5. The average molecular weight is 555 g/mol. The van der Waals surface area contributed by atoms with E-state index in [1.54, 1.807) is 0 Å². The molecule has 0 saturated heterocycles. The van der Waals surface area contributed by atoms with E-state index in [9.17, 15) is 0 Å². The lowest BCUT2D eigenvalue weighted by molar-refractivity contribution is 0.594. The third-order valence-corrected chi connectivity index (χ3v) is 7.90. The minimum atomic E-state index is 0.615. The van der Waals surface area contributed by atoms with Gasteiger partial charge in [0.25, 0.3) is 0 Å². The molecule has 1 unspecified atom stereocenters. The van der Waals surface area contributed by atoms with Crippen molar-refractivity contribution in [2.45, 2.75) is 20.3 Å². The van der Waals surface area contributed by atoms with Gasteiger partial charge in [-0.25, -0.2) is 4.98 Å². The second kappa shape index (κ2) is 12.2. The highest BCUT2D eigenvalue weighted by molar-refractivity contribution is 7.13. The highest BCUT2D eigenvalue weighted by Gasteiger charge is 2.09. The number of rotatable bonds is 9. The Kier molecular flexibility index (Phi) is 7.87. The summed E-state index contributed by atoms with van der Waals surface area (Å²) in [6, 6.07) is 34.6. The highest BCUT2D eigenvalue weighted by atomic mass is 32.1. The summed E-state index contributed by atoms with van der Waals surface area (Å²) in [7, 11) is 0. The first-order valence-corrected chi connectivity index (χ1v) is 14.7. The van der Waals surface area contributed by atoms with E-state index in [0.29, 0.717) is 11.0 Å². The SMILES string of the molecule is CCC(C)CNc1ccc(N=Nc2ccc(N=Nc3nc(-c4cccc5ccccc45)cs3)cc2)c2ccccc12.